The molecule has 0 aliphatic rings. The molecule has 2 rings (SSSR count). The summed E-state index contributed by atoms with van der Waals surface area (Å²) in [5.41, 5.74) is 1.01. The van der Waals surface area contributed by atoms with Crippen molar-refractivity contribution in [1.29, 1.82) is 0 Å². The Morgan fingerprint density at radius 1 is 1.50 bits per heavy atom. The van der Waals surface area contributed by atoms with Crippen LogP contribution < -0.4 is 5.69 Å². The van der Waals surface area contributed by atoms with Gasteiger partial charge in [-0.25, -0.2) is 9.78 Å². The minimum Gasteiger partial charge on any atom is -0.302 e. The molecule has 74 valence electrons. The van der Waals surface area contributed by atoms with Gasteiger partial charge in [-0.05, 0) is 6.92 Å². The van der Waals surface area contributed by atoms with Crippen LogP contribution in [0.2, 0.25) is 0 Å². The summed E-state index contributed by atoms with van der Waals surface area (Å²) in [6, 6.07) is 0. The highest BCUT2D eigenvalue weighted by molar-refractivity contribution is 7.09. The van der Waals surface area contributed by atoms with Crippen molar-refractivity contribution in [3.8, 4) is 0 Å². The van der Waals surface area contributed by atoms with Gasteiger partial charge < -0.3 is 4.57 Å². The second-order valence-electron chi connectivity index (χ2n) is 3.20. The van der Waals surface area contributed by atoms with E-state index in [1.165, 1.54) is 0 Å². The lowest BCUT2D eigenvalue weighted by molar-refractivity contribution is 0.713. The van der Waals surface area contributed by atoms with Crippen LogP contribution in [0.25, 0.3) is 0 Å². The summed E-state index contributed by atoms with van der Waals surface area (Å²) in [5.74, 6) is 0. The van der Waals surface area contributed by atoms with Crippen LogP contribution in [0.15, 0.2) is 22.6 Å². The Morgan fingerprint density at radius 2 is 2.29 bits per heavy atom. The zero-order valence-electron chi connectivity index (χ0n) is 8.10. The van der Waals surface area contributed by atoms with Crippen LogP contribution in [0.1, 0.15) is 10.7 Å². The summed E-state index contributed by atoms with van der Waals surface area (Å²) < 4.78 is 3.21. The van der Waals surface area contributed by atoms with Crippen molar-refractivity contribution in [3.05, 3.63) is 39.0 Å². The van der Waals surface area contributed by atoms with Gasteiger partial charge in [-0.15, -0.1) is 11.3 Å². The smallest absolute Gasteiger partial charge is 0.302 e. The molecule has 0 N–H and O–H groups in total. The van der Waals surface area contributed by atoms with Crippen LogP contribution in [0.5, 0.6) is 0 Å². The van der Waals surface area contributed by atoms with E-state index in [0.717, 1.165) is 10.7 Å². The number of imidazole rings is 1. The number of rotatable bonds is 2. The highest BCUT2D eigenvalue weighted by atomic mass is 32.1. The van der Waals surface area contributed by atoms with Gasteiger partial charge in [0, 0.05) is 30.5 Å². The molecule has 5 heteroatoms. The molecule has 0 fully saturated rings. The van der Waals surface area contributed by atoms with Crippen LogP contribution in [-0.4, -0.2) is 14.1 Å². The van der Waals surface area contributed by atoms with E-state index in [0.29, 0.717) is 6.54 Å². The Labute approximate surface area is 85.5 Å². The van der Waals surface area contributed by atoms with E-state index in [-0.39, 0.29) is 5.69 Å². The Balaban J connectivity index is 2.27. The fourth-order valence-corrected chi connectivity index (χ4v) is 2.02. The van der Waals surface area contributed by atoms with Gasteiger partial charge in [-0.1, -0.05) is 0 Å². The summed E-state index contributed by atoms with van der Waals surface area (Å²) in [6.45, 7) is 2.52. The van der Waals surface area contributed by atoms with Gasteiger partial charge in [0.1, 0.15) is 5.01 Å². The quantitative estimate of drug-likeness (QED) is 0.740. The van der Waals surface area contributed by atoms with E-state index in [2.05, 4.69) is 4.98 Å². The maximum atomic E-state index is 11.5. The molecule has 0 spiro atoms. The topological polar surface area (TPSA) is 39.8 Å². The summed E-state index contributed by atoms with van der Waals surface area (Å²) >= 11 is 1.58. The molecule has 0 atom stereocenters. The third-order valence-electron chi connectivity index (χ3n) is 1.99. The normalized spacial score (nSPS) is 10.7. The van der Waals surface area contributed by atoms with Crippen LogP contribution in [0.3, 0.4) is 0 Å². The Bertz CT molecular complexity index is 494. The van der Waals surface area contributed by atoms with Crippen molar-refractivity contribution >= 4 is 11.3 Å². The molecule has 0 unspecified atom stereocenters. The van der Waals surface area contributed by atoms with Gasteiger partial charge >= 0.3 is 5.69 Å². The lowest BCUT2D eigenvalue weighted by atomic mass is 10.6. The fourth-order valence-electron chi connectivity index (χ4n) is 1.25. The average molecular weight is 209 g/mol. The number of nitrogens with zero attached hydrogens (tertiary/aromatic N) is 3. The van der Waals surface area contributed by atoms with Gasteiger partial charge in [0.05, 0.1) is 6.54 Å². The molecule has 2 aromatic heterocycles. The van der Waals surface area contributed by atoms with E-state index in [1.807, 2.05) is 12.3 Å². The zero-order valence-corrected chi connectivity index (χ0v) is 8.91. The number of aryl methyl sites for hydroxylation is 2. The third kappa shape index (κ3) is 1.63. The second kappa shape index (κ2) is 3.42. The minimum atomic E-state index is -0.00199. The maximum absolute atomic E-state index is 11.5. The molecular formula is C9H11N3OS. The molecular weight excluding hydrogens is 198 g/mol. The molecule has 0 amide bonds. The predicted octanol–water partition coefficient (Wildman–Crippen LogP) is 1.00. The first-order valence-electron chi connectivity index (χ1n) is 4.29. The average Bonchev–Trinajstić information content (AvgIpc) is 2.67. The molecule has 0 aliphatic heterocycles. The molecule has 2 heterocycles. The van der Waals surface area contributed by atoms with Crippen molar-refractivity contribution in [3.63, 3.8) is 0 Å². The predicted molar refractivity (Wildman–Crippen MR) is 55.6 cm³/mol. The second-order valence-corrected chi connectivity index (χ2v) is 4.14. The number of thiazole rings is 1. The zero-order chi connectivity index (χ0) is 10.1. The number of aromatic nitrogens is 3. The number of hydrogen-bond donors (Lipinski definition) is 0. The maximum Gasteiger partial charge on any atom is 0.328 e. The van der Waals surface area contributed by atoms with Crippen molar-refractivity contribution < 1.29 is 0 Å². The molecule has 0 saturated heterocycles. The molecule has 14 heavy (non-hydrogen) atoms. The highest BCUT2D eigenvalue weighted by Crippen LogP contribution is 2.09. The lowest BCUT2D eigenvalue weighted by Gasteiger charge is -1.95. The Morgan fingerprint density at radius 3 is 2.79 bits per heavy atom. The largest absolute Gasteiger partial charge is 0.328 e. The van der Waals surface area contributed by atoms with Crippen LogP contribution in [-0.2, 0) is 13.6 Å². The van der Waals surface area contributed by atoms with Crippen LogP contribution in [0.4, 0.5) is 0 Å². The van der Waals surface area contributed by atoms with E-state index in [4.69, 9.17) is 0 Å². The molecule has 0 saturated carbocycles. The summed E-state index contributed by atoms with van der Waals surface area (Å²) in [7, 11) is 1.74. The monoisotopic (exact) mass is 209 g/mol. The minimum absolute atomic E-state index is 0.00199. The molecule has 0 aromatic carbocycles. The Kier molecular flexibility index (Phi) is 2.25. The van der Waals surface area contributed by atoms with Crippen molar-refractivity contribution in [1.82, 2.24) is 14.1 Å². The summed E-state index contributed by atoms with van der Waals surface area (Å²) in [5, 5.41) is 2.96. The molecule has 4 nitrogen and oxygen atoms in total. The molecule has 0 aliphatic carbocycles. The van der Waals surface area contributed by atoms with Gasteiger partial charge in [-0.2, -0.15) is 0 Å². The first-order valence-corrected chi connectivity index (χ1v) is 5.17. The van der Waals surface area contributed by atoms with Gasteiger partial charge in [0.2, 0.25) is 0 Å². The summed E-state index contributed by atoms with van der Waals surface area (Å²) in [4.78, 5) is 15.8. The summed E-state index contributed by atoms with van der Waals surface area (Å²) in [6.07, 6.45) is 3.53. The van der Waals surface area contributed by atoms with E-state index < -0.39 is 0 Å². The van der Waals surface area contributed by atoms with Crippen molar-refractivity contribution in [2.45, 2.75) is 13.5 Å². The SMILES string of the molecule is Cc1csc(Cn2ccn(C)c2=O)n1. The first kappa shape index (κ1) is 9.21. The molecule has 0 radical (unpaired) electrons. The first-order chi connectivity index (χ1) is 6.66. The third-order valence-corrected chi connectivity index (χ3v) is 2.94. The molecule has 0 bridgehead atoms. The van der Waals surface area contributed by atoms with Gasteiger partial charge in [0.25, 0.3) is 0 Å². The van der Waals surface area contributed by atoms with Gasteiger partial charge in [0.15, 0.2) is 0 Å². The van der Waals surface area contributed by atoms with E-state index >= 15 is 0 Å². The highest BCUT2D eigenvalue weighted by Gasteiger charge is 2.03. The van der Waals surface area contributed by atoms with Crippen molar-refractivity contribution in [2.75, 3.05) is 0 Å². The fraction of sp³-hybridized carbons (Fsp3) is 0.333. The lowest BCUT2D eigenvalue weighted by Crippen LogP contribution is -2.22. The van der Waals surface area contributed by atoms with Crippen LogP contribution in [0, 0.1) is 6.92 Å². The number of hydrogen-bond acceptors (Lipinski definition) is 3. The van der Waals surface area contributed by atoms with Crippen LogP contribution >= 0.6 is 11.3 Å². The van der Waals surface area contributed by atoms with Crippen molar-refractivity contribution in [2.24, 2.45) is 7.05 Å². The molecule has 2 aromatic rings. The van der Waals surface area contributed by atoms with E-state index in [9.17, 15) is 4.79 Å². The Hall–Kier alpha value is -1.36. The van der Waals surface area contributed by atoms with Gasteiger partial charge in [-0.3, -0.25) is 4.57 Å². The standard InChI is InChI=1S/C9H11N3OS/c1-7-6-14-8(10-7)5-12-4-3-11(2)9(12)13/h3-4,6H,5H2,1-2H3. The van der Waals surface area contributed by atoms with E-state index in [1.54, 1.807) is 39.9 Å².